The van der Waals surface area contributed by atoms with Gasteiger partial charge in [-0.25, -0.2) is 12.8 Å². The Balaban J connectivity index is 2.41. The topological polar surface area (TPSA) is 72.6 Å². The molecule has 0 spiro atoms. The zero-order chi connectivity index (χ0) is 15.1. The van der Waals surface area contributed by atoms with Gasteiger partial charge in [0.2, 0.25) is 10.0 Å². The van der Waals surface area contributed by atoms with E-state index in [0.29, 0.717) is 13.1 Å². The molecular weight excluding hydrogens is 283 g/mol. The highest BCUT2D eigenvalue weighted by Gasteiger charge is 2.37. The van der Waals surface area contributed by atoms with E-state index in [4.69, 9.17) is 10.5 Å². The van der Waals surface area contributed by atoms with Crippen molar-refractivity contribution in [3.63, 3.8) is 0 Å². The van der Waals surface area contributed by atoms with Gasteiger partial charge in [-0.05, 0) is 24.0 Å². The molecule has 1 aromatic carbocycles. The molecule has 2 N–H and O–H groups in total. The summed E-state index contributed by atoms with van der Waals surface area (Å²) in [6.07, 6.45) is 0.778. The lowest BCUT2D eigenvalue weighted by molar-refractivity contribution is 0.374. The Morgan fingerprint density at radius 1 is 1.40 bits per heavy atom. The van der Waals surface area contributed by atoms with Gasteiger partial charge in [0.15, 0.2) is 11.6 Å². The molecule has 0 atom stereocenters. The maximum absolute atomic E-state index is 13.8. The molecule has 1 aliphatic rings. The minimum absolute atomic E-state index is 0.0236. The van der Waals surface area contributed by atoms with Crippen LogP contribution in [-0.2, 0) is 10.0 Å². The fraction of sp³-hybridized carbons (Fsp3) is 0.538. The Labute approximate surface area is 118 Å². The zero-order valence-corrected chi connectivity index (χ0v) is 12.6. The number of rotatable bonds is 3. The van der Waals surface area contributed by atoms with Crippen LogP contribution in [-0.4, -0.2) is 32.9 Å². The highest BCUT2D eigenvalue weighted by molar-refractivity contribution is 7.89. The summed E-state index contributed by atoms with van der Waals surface area (Å²) in [5.74, 6) is -0.907. The molecule has 0 aliphatic carbocycles. The predicted molar refractivity (Wildman–Crippen MR) is 74.5 cm³/mol. The lowest BCUT2D eigenvalue weighted by atomic mass is 9.93. The second kappa shape index (κ2) is 4.89. The number of anilines is 1. The van der Waals surface area contributed by atoms with Gasteiger partial charge in [0.1, 0.15) is 0 Å². The normalized spacial score (nSPS) is 19.2. The first-order chi connectivity index (χ1) is 9.17. The summed E-state index contributed by atoms with van der Waals surface area (Å²) in [5, 5.41) is 0. The smallest absolute Gasteiger partial charge is 0.243 e. The van der Waals surface area contributed by atoms with Crippen LogP contribution < -0.4 is 10.5 Å². The maximum atomic E-state index is 13.8. The molecule has 1 heterocycles. The molecule has 7 heteroatoms. The fourth-order valence-corrected chi connectivity index (χ4v) is 4.05. The molecule has 1 aliphatic heterocycles. The number of nitrogen functional groups attached to an aromatic ring is 1. The van der Waals surface area contributed by atoms with Gasteiger partial charge in [0.25, 0.3) is 0 Å². The van der Waals surface area contributed by atoms with Gasteiger partial charge in [-0.3, -0.25) is 0 Å². The number of hydrogen-bond donors (Lipinski definition) is 1. The predicted octanol–water partition coefficient (Wildman–Crippen LogP) is 1.84. The molecule has 112 valence electrons. The highest BCUT2D eigenvalue weighted by atomic mass is 32.2. The second-order valence-electron chi connectivity index (χ2n) is 5.78. The molecule has 2 rings (SSSR count). The van der Waals surface area contributed by atoms with Crippen molar-refractivity contribution >= 4 is 15.7 Å². The molecule has 0 radical (unpaired) electrons. The first kappa shape index (κ1) is 15.1. The van der Waals surface area contributed by atoms with Gasteiger partial charge in [0, 0.05) is 13.1 Å². The Hall–Kier alpha value is -1.34. The molecular formula is C13H19FN2O3S. The van der Waals surface area contributed by atoms with Gasteiger partial charge < -0.3 is 10.5 Å². The number of methoxy groups -OCH3 is 1. The van der Waals surface area contributed by atoms with E-state index in [9.17, 15) is 12.8 Å². The number of nitrogens with two attached hydrogens (primary N) is 1. The summed E-state index contributed by atoms with van der Waals surface area (Å²) >= 11 is 0. The van der Waals surface area contributed by atoms with E-state index in [1.165, 1.54) is 17.5 Å². The summed E-state index contributed by atoms with van der Waals surface area (Å²) in [5.41, 5.74) is 5.54. The quantitative estimate of drug-likeness (QED) is 0.865. The van der Waals surface area contributed by atoms with E-state index >= 15 is 0 Å². The molecule has 0 aromatic heterocycles. The molecule has 1 fully saturated rings. The van der Waals surface area contributed by atoms with Crippen molar-refractivity contribution in [3.05, 3.63) is 17.9 Å². The Morgan fingerprint density at radius 2 is 2.05 bits per heavy atom. The molecule has 0 amide bonds. The van der Waals surface area contributed by atoms with Gasteiger partial charge in [-0.15, -0.1) is 0 Å². The third-order valence-electron chi connectivity index (χ3n) is 3.53. The van der Waals surface area contributed by atoms with Gasteiger partial charge in [0.05, 0.1) is 17.7 Å². The Kier molecular flexibility index (Phi) is 3.68. The lowest BCUT2D eigenvalue weighted by Gasteiger charge is -2.20. The van der Waals surface area contributed by atoms with Crippen molar-refractivity contribution in [2.24, 2.45) is 5.41 Å². The van der Waals surface area contributed by atoms with Crippen LogP contribution in [0, 0.1) is 11.2 Å². The van der Waals surface area contributed by atoms with Crippen LogP contribution in [0.4, 0.5) is 10.1 Å². The van der Waals surface area contributed by atoms with Crippen LogP contribution in [0.2, 0.25) is 0 Å². The molecule has 1 aromatic rings. The monoisotopic (exact) mass is 302 g/mol. The SMILES string of the molecule is COc1c(N)cc(S(=O)(=O)N2CCC(C)(C)C2)cc1F. The van der Waals surface area contributed by atoms with Crippen LogP contribution >= 0.6 is 0 Å². The highest BCUT2D eigenvalue weighted by Crippen LogP contribution is 2.35. The minimum Gasteiger partial charge on any atom is -0.492 e. The van der Waals surface area contributed by atoms with Crippen molar-refractivity contribution in [3.8, 4) is 5.75 Å². The lowest BCUT2D eigenvalue weighted by Crippen LogP contribution is -2.30. The van der Waals surface area contributed by atoms with E-state index in [2.05, 4.69) is 0 Å². The number of ether oxygens (including phenoxy) is 1. The summed E-state index contributed by atoms with van der Waals surface area (Å²) < 4.78 is 44.9. The molecule has 0 bridgehead atoms. The summed E-state index contributed by atoms with van der Waals surface area (Å²) in [6.45, 7) is 4.86. The third kappa shape index (κ3) is 2.60. The van der Waals surface area contributed by atoms with Crippen LogP contribution in [0.1, 0.15) is 20.3 Å². The van der Waals surface area contributed by atoms with E-state index in [-0.39, 0.29) is 21.7 Å². The average molecular weight is 302 g/mol. The standard InChI is InChI=1S/C13H19FN2O3S/c1-13(2)4-5-16(8-13)20(17,18)9-6-10(14)12(19-3)11(15)7-9/h6-7H,4-5,8,15H2,1-3H3. The number of halogens is 1. The van der Waals surface area contributed by atoms with Crippen molar-refractivity contribution in [2.45, 2.75) is 25.2 Å². The van der Waals surface area contributed by atoms with E-state index in [1.54, 1.807) is 0 Å². The number of benzene rings is 1. The Morgan fingerprint density at radius 3 is 2.50 bits per heavy atom. The molecule has 0 saturated carbocycles. The van der Waals surface area contributed by atoms with Gasteiger partial charge >= 0.3 is 0 Å². The zero-order valence-electron chi connectivity index (χ0n) is 11.8. The average Bonchev–Trinajstić information content (AvgIpc) is 2.70. The summed E-state index contributed by atoms with van der Waals surface area (Å²) in [6, 6.07) is 2.19. The van der Waals surface area contributed by atoms with Gasteiger partial charge in [-0.1, -0.05) is 13.8 Å². The van der Waals surface area contributed by atoms with E-state index in [1.807, 2.05) is 13.8 Å². The van der Waals surface area contributed by atoms with Crippen molar-refractivity contribution in [1.29, 1.82) is 0 Å². The largest absolute Gasteiger partial charge is 0.492 e. The molecule has 5 nitrogen and oxygen atoms in total. The Bertz CT molecular complexity index is 605. The number of hydrogen-bond acceptors (Lipinski definition) is 4. The van der Waals surface area contributed by atoms with Crippen LogP contribution in [0.5, 0.6) is 5.75 Å². The molecule has 20 heavy (non-hydrogen) atoms. The minimum atomic E-state index is -3.72. The summed E-state index contributed by atoms with van der Waals surface area (Å²) in [7, 11) is -2.44. The fourth-order valence-electron chi connectivity index (χ4n) is 2.37. The van der Waals surface area contributed by atoms with Crippen molar-refractivity contribution < 1.29 is 17.5 Å². The number of nitrogens with zero attached hydrogens (tertiary/aromatic N) is 1. The first-order valence-electron chi connectivity index (χ1n) is 6.30. The maximum Gasteiger partial charge on any atom is 0.243 e. The second-order valence-corrected chi connectivity index (χ2v) is 7.72. The number of sulfonamides is 1. The van der Waals surface area contributed by atoms with Crippen LogP contribution in [0.3, 0.4) is 0 Å². The molecule has 0 unspecified atom stereocenters. The molecule has 1 saturated heterocycles. The first-order valence-corrected chi connectivity index (χ1v) is 7.74. The summed E-state index contributed by atoms with van der Waals surface area (Å²) in [4.78, 5) is -0.133. The van der Waals surface area contributed by atoms with Crippen molar-refractivity contribution in [1.82, 2.24) is 4.31 Å². The van der Waals surface area contributed by atoms with Crippen LogP contribution in [0.25, 0.3) is 0 Å². The van der Waals surface area contributed by atoms with E-state index in [0.717, 1.165) is 12.5 Å². The third-order valence-corrected chi connectivity index (χ3v) is 5.35. The van der Waals surface area contributed by atoms with Crippen molar-refractivity contribution in [2.75, 3.05) is 25.9 Å². The van der Waals surface area contributed by atoms with E-state index < -0.39 is 15.8 Å². The van der Waals surface area contributed by atoms with Crippen LogP contribution in [0.15, 0.2) is 17.0 Å². The van der Waals surface area contributed by atoms with Gasteiger partial charge in [-0.2, -0.15) is 4.31 Å².